The van der Waals surface area contributed by atoms with E-state index in [1.165, 1.54) is 17.4 Å². The fourth-order valence-corrected chi connectivity index (χ4v) is 2.80. The molecule has 0 aliphatic carbocycles. The van der Waals surface area contributed by atoms with Crippen LogP contribution in [0, 0.1) is 6.92 Å². The summed E-state index contributed by atoms with van der Waals surface area (Å²) in [5.74, 6) is -1.30. The summed E-state index contributed by atoms with van der Waals surface area (Å²) in [7, 11) is 0. The Labute approximate surface area is 130 Å². The van der Waals surface area contributed by atoms with E-state index >= 15 is 0 Å². The number of carbonyl (C=O) groups excluding carboxylic acids is 3. The van der Waals surface area contributed by atoms with Crippen molar-refractivity contribution in [2.24, 2.45) is 0 Å². The maximum Gasteiger partial charge on any atom is 0.335 e. The number of urea groups is 1. The van der Waals surface area contributed by atoms with Crippen molar-refractivity contribution in [1.29, 1.82) is 0 Å². The minimum Gasteiger partial charge on any atom is -0.273 e. The molecule has 0 bridgehead atoms. The number of aryl methyl sites for hydroxylation is 1. The summed E-state index contributed by atoms with van der Waals surface area (Å²) in [6.07, 6.45) is 1.49. The Morgan fingerprint density at radius 3 is 2.68 bits per heavy atom. The second-order valence-electron chi connectivity index (χ2n) is 4.85. The topological polar surface area (TPSA) is 66.5 Å². The molecule has 0 saturated carbocycles. The van der Waals surface area contributed by atoms with E-state index in [1.807, 2.05) is 23.8 Å². The molecule has 2 aromatic rings. The summed E-state index contributed by atoms with van der Waals surface area (Å²) in [5, 5.41) is 5.87. The average Bonchev–Trinajstić information content (AvgIpc) is 2.96. The Balaban J connectivity index is 2.03. The van der Waals surface area contributed by atoms with Gasteiger partial charge in [-0.25, -0.2) is 9.69 Å². The maximum absolute atomic E-state index is 12.6. The molecule has 3 rings (SSSR count). The third-order valence-electron chi connectivity index (χ3n) is 3.22. The molecular weight excluding hydrogens is 300 g/mol. The zero-order chi connectivity index (χ0) is 15.7. The van der Waals surface area contributed by atoms with E-state index < -0.39 is 17.8 Å². The van der Waals surface area contributed by atoms with Crippen LogP contribution in [-0.4, -0.2) is 17.8 Å². The monoisotopic (exact) mass is 312 g/mol. The number of carbonyl (C=O) groups is 3. The number of rotatable bonds is 2. The van der Waals surface area contributed by atoms with Gasteiger partial charge in [0.05, 0.1) is 5.69 Å². The maximum atomic E-state index is 12.6. The van der Waals surface area contributed by atoms with Gasteiger partial charge in [0.15, 0.2) is 0 Å². The predicted octanol–water partition coefficient (Wildman–Crippen LogP) is 2.72. The van der Waals surface area contributed by atoms with Crippen LogP contribution in [0.5, 0.6) is 0 Å². The number of barbiturate groups is 1. The van der Waals surface area contributed by atoms with E-state index in [-0.39, 0.29) is 5.57 Å². The zero-order valence-electron chi connectivity index (χ0n) is 11.7. The molecule has 5 nitrogen and oxygen atoms in total. The smallest absolute Gasteiger partial charge is 0.273 e. The quantitative estimate of drug-likeness (QED) is 0.685. The summed E-state index contributed by atoms with van der Waals surface area (Å²) < 4.78 is 0. The van der Waals surface area contributed by atoms with Crippen LogP contribution in [0.1, 0.15) is 11.1 Å². The highest BCUT2D eigenvalue weighted by molar-refractivity contribution is 7.08. The number of amides is 4. The number of hydrogen-bond acceptors (Lipinski definition) is 4. The van der Waals surface area contributed by atoms with Gasteiger partial charge in [-0.1, -0.05) is 12.1 Å². The fraction of sp³-hybridized carbons (Fsp3) is 0.0625. The van der Waals surface area contributed by atoms with Crippen molar-refractivity contribution in [2.45, 2.75) is 6.92 Å². The van der Waals surface area contributed by atoms with Crippen molar-refractivity contribution in [3.63, 3.8) is 0 Å². The molecule has 1 fully saturated rings. The Morgan fingerprint density at radius 2 is 2.00 bits per heavy atom. The minimum absolute atomic E-state index is 0.0560. The van der Waals surface area contributed by atoms with Crippen molar-refractivity contribution in [3.8, 4) is 0 Å². The number of hydrogen-bond donors (Lipinski definition) is 1. The molecule has 110 valence electrons. The lowest BCUT2D eigenvalue weighted by atomic mass is 10.1. The van der Waals surface area contributed by atoms with Gasteiger partial charge in [0.25, 0.3) is 11.8 Å². The molecule has 0 unspecified atom stereocenters. The summed E-state index contributed by atoms with van der Waals surface area (Å²) in [4.78, 5) is 37.5. The molecule has 6 heteroatoms. The van der Waals surface area contributed by atoms with E-state index in [2.05, 4.69) is 5.32 Å². The van der Waals surface area contributed by atoms with Gasteiger partial charge in [0.2, 0.25) is 0 Å². The van der Waals surface area contributed by atoms with Gasteiger partial charge in [0.1, 0.15) is 5.57 Å². The number of imide groups is 2. The first kappa shape index (κ1) is 14.2. The van der Waals surface area contributed by atoms with E-state index in [0.717, 1.165) is 16.0 Å². The number of nitrogens with zero attached hydrogens (tertiary/aromatic N) is 1. The molecule has 1 aromatic heterocycles. The van der Waals surface area contributed by atoms with Gasteiger partial charge in [-0.2, -0.15) is 11.3 Å². The Kier molecular flexibility index (Phi) is 3.60. The van der Waals surface area contributed by atoms with Gasteiger partial charge in [0, 0.05) is 0 Å². The van der Waals surface area contributed by atoms with Crippen LogP contribution in [-0.2, 0) is 9.59 Å². The molecule has 22 heavy (non-hydrogen) atoms. The van der Waals surface area contributed by atoms with Gasteiger partial charge in [-0.3, -0.25) is 14.9 Å². The second kappa shape index (κ2) is 5.57. The summed E-state index contributed by atoms with van der Waals surface area (Å²) in [6.45, 7) is 1.86. The summed E-state index contributed by atoms with van der Waals surface area (Å²) >= 11 is 1.46. The molecule has 2 heterocycles. The van der Waals surface area contributed by atoms with Gasteiger partial charge >= 0.3 is 6.03 Å². The Morgan fingerprint density at radius 1 is 1.18 bits per heavy atom. The molecule has 4 amide bonds. The first-order chi connectivity index (χ1) is 10.6. The standard InChI is InChI=1S/C16H12N2O3S/c1-10-3-2-4-12(7-10)18-15(20)13(14(19)17-16(18)21)8-11-5-6-22-9-11/h2-9H,1H3,(H,17,19,21)/b13-8-. The van der Waals surface area contributed by atoms with Crippen molar-refractivity contribution >= 4 is 40.9 Å². The largest absolute Gasteiger partial charge is 0.335 e. The van der Waals surface area contributed by atoms with Gasteiger partial charge in [-0.05, 0) is 53.1 Å². The van der Waals surface area contributed by atoms with Crippen molar-refractivity contribution in [3.05, 3.63) is 57.8 Å². The molecule has 1 N–H and O–H groups in total. The molecule has 0 spiro atoms. The first-order valence-corrected chi connectivity index (χ1v) is 7.51. The number of benzene rings is 1. The van der Waals surface area contributed by atoms with E-state index in [0.29, 0.717) is 5.69 Å². The molecule has 1 saturated heterocycles. The van der Waals surface area contributed by atoms with E-state index in [9.17, 15) is 14.4 Å². The highest BCUT2D eigenvalue weighted by Crippen LogP contribution is 2.23. The lowest BCUT2D eigenvalue weighted by Gasteiger charge is -2.26. The molecule has 1 aliphatic heterocycles. The normalized spacial score (nSPS) is 17.0. The van der Waals surface area contributed by atoms with Crippen LogP contribution in [0.25, 0.3) is 6.08 Å². The van der Waals surface area contributed by atoms with E-state index in [4.69, 9.17) is 0 Å². The highest BCUT2D eigenvalue weighted by Gasteiger charge is 2.36. The number of nitrogens with one attached hydrogen (secondary N) is 1. The van der Waals surface area contributed by atoms with Crippen LogP contribution >= 0.6 is 11.3 Å². The van der Waals surface area contributed by atoms with Crippen molar-refractivity contribution in [2.75, 3.05) is 4.90 Å². The van der Waals surface area contributed by atoms with Gasteiger partial charge in [-0.15, -0.1) is 0 Å². The molecule has 0 atom stereocenters. The van der Waals surface area contributed by atoms with Crippen LogP contribution in [0.4, 0.5) is 10.5 Å². The summed E-state index contributed by atoms with van der Waals surface area (Å²) in [6, 6.07) is 8.06. The third-order valence-corrected chi connectivity index (χ3v) is 3.92. The predicted molar refractivity (Wildman–Crippen MR) is 84.5 cm³/mol. The summed E-state index contributed by atoms with van der Waals surface area (Å²) in [5.41, 5.74) is 2.05. The van der Waals surface area contributed by atoms with Crippen LogP contribution in [0.3, 0.4) is 0 Å². The van der Waals surface area contributed by atoms with Crippen molar-refractivity contribution in [1.82, 2.24) is 5.32 Å². The average molecular weight is 312 g/mol. The van der Waals surface area contributed by atoms with Crippen molar-refractivity contribution < 1.29 is 14.4 Å². The molecule has 0 radical (unpaired) electrons. The minimum atomic E-state index is -0.733. The SMILES string of the molecule is Cc1cccc(N2C(=O)NC(=O)/C(=C/c3ccsc3)C2=O)c1. The zero-order valence-corrected chi connectivity index (χ0v) is 12.5. The van der Waals surface area contributed by atoms with Crippen LogP contribution in [0.2, 0.25) is 0 Å². The fourth-order valence-electron chi connectivity index (χ4n) is 2.18. The van der Waals surface area contributed by atoms with E-state index in [1.54, 1.807) is 24.3 Å². The van der Waals surface area contributed by atoms with Gasteiger partial charge < -0.3 is 0 Å². The number of thiophene rings is 1. The Bertz CT molecular complexity index is 793. The second-order valence-corrected chi connectivity index (χ2v) is 5.63. The first-order valence-electron chi connectivity index (χ1n) is 6.56. The molecular formula is C16H12N2O3S. The highest BCUT2D eigenvalue weighted by atomic mass is 32.1. The lowest BCUT2D eigenvalue weighted by molar-refractivity contribution is -0.122. The van der Waals surface area contributed by atoms with Crippen LogP contribution < -0.4 is 10.2 Å². The third kappa shape index (κ3) is 2.56. The molecule has 1 aliphatic rings. The lowest BCUT2D eigenvalue weighted by Crippen LogP contribution is -2.54. The Hall–Kier alpha value is -2.73. The molecule has 1 aromatic carbocycles. The van der Waals surface area contributed by atoms with Crippen LogP contribution in [0.15, 0.2) is 46.7 Å². The number of anilines is 1.